The second kappa shape index (κ2) is 5.48. The Morgan fingerprint density at radius 1 is 1.35 bits per heavy atom. The molecular formula is C14H19ClN4S. The van der Waals surface area contributed by atoms with E-state index in [1.165, 1.54) is 0 Å². The molecule has 0 radical (unpaired) electrons. The predicted octanol–water partition coefficient (Wildman–Crippen LogP) is 2.60. The first-order chi connectivity index (χ1) is 9.56. The van der Waals surface area contributed by atoms with Crippen molar-refractivity contribution in [3.05, 3.63) is 28.0 Å². The molecule has 0 amide bonds. The molecule has 108 valence electrons. The normalized spacial score (nSPS) is 21.6. The van der Waals surface area contributed by atoms with E-state index < -0.39 is 0 Å². The van der Waals surface area contributed by atoms with Crippen molar-refractivity contribution < 1.29 is 0 Å². The Hall–Kier alpha value is -0.880. The number of nitrogens with zero attached hydrogens (tertiary/aromatic N) is 3. The Bertz CT molecular complexity index is 677. The zero-order valence-electron chi connectivity index (χ0n) is 11.8. The molecule has 1 fully saturated rings. The van der Waals surface area contributed by atoms with Crippen LogP contribution in [0.2, 0.25) is 5.02 Å². The second-order valence-electron chi connectivity index (χ2n) is 5.57. The molecule has 1 atom stereocenters. The number of piperazine rings is 1. The van der Waals surface area contributed by atoms with E-state index >= 15 is 0 Å². The number of aromatic nitrogens is 2. The van der Waals surface area contributed by atoms with Crippen molar-refractivity contribution in [2.45, 2.75) is 12.6 Å². The van der Waals surface area contributed by atoms with Crippen LogP contribution in [0.1, 0.15) is 0 Å². The number of benzene rings is 1. The summed E-state index contributed by atoms with van der Waals surface area (Å²) in [4.78, 5) is 8.01. The number of halogens is 1. The molecule has 20 heavy (non-hydrogen) atoms. The van der Waals surface area contributed by atoms with Crippen LogP contribution in [0.3, 0.4) is 0 Å². The van der Waals surface area contributed by atoms with Gasteiger partial charge >= 0.3 is 0 Å². The summed E-state index contributed by atoms with van der Waals surface area (Å²) in [7, 11) is 4.35. The topological polar surface area (TPSA) is 27.2 Å². The summed E-state index contributed by atoms with van der Waals surface area (Å²) in [5.74, 6) is 0. The van der Waals surface area contributed by atoms with Gasteiger partial charge in [0.05, 0.1) is 16.1 Å². The van der Waals surface area contributed by atoms with Crippen molar-refractivity contribution >= 4 is 34.9 Å². The molecular weight excluding hydrogens is 292 g/mol. The lowest BCUT2D eigenvalue weighted by atomic mass is 10.2. The highest BCUT2D eigenvalue weighted by Crippen LogP contribution is 2.24. The minimum absolute atomic E-state index is 0.454. The molecule has 1 aromatic heterocycles. The molecule has 1 N–H and O–H groups in total. The van der Waals surface area contributed by atoms with E-state index in [-0.39, 0.29) is 0 Å². The van der Waals surface area contributed by atoms with Gasteiger partial charge in [-0.2, -0.15) is 0 Å². The van der Waals surface area contributed by atoms with E-state index in [0.717, 1.165) is 47.0 Å². The number of hydrogen-bond donors (Lipinski definition) is 1. The highest BCUT2D eigenvalue weighted by atomic mass is 35.5. The molecule has 0 aliphatic carbocycles. The molecule has 3 rings (SSSR count). The number of aromatic amines is 1. The van der Waals surface area contributed by atoms with Gasteiger partial charge in [0, 0.05) is 32.2 Å². The van der Waals surface area contributed by atoms with Crippen molar-refractivity contribution in [2.24, 2.45) is 0 Å². The molecule has 0 saturated carbocycles. The van der Waals surface area contributed by atoms with Gasteiger partial charge in [-0.25, -0.2) is 0 Å². The molecule has 6 heteroatoms. The average molecular weight is 311 g/mol. The van der Waals surface area contributed by atoms with Crippen LogP contribution < -0.4 is 0 Å². The van der Waals surface area contributed by atoms with Crippen molar-refractivity contribution in [1.29, 1.82) is 0 Å². The number of nitrogens with one attached hydrogen (secondary N) is 1. The quantitative estimate of drug-likeness (QED) is 0.864. The fourth-order valence-corrected chi connectivity index (χ4v) is 3.41. The van der Waals surface area contributed by atoms with Crippen LogP contribution in [0.5, 0.6) is 0 Å². The number of hydrogen-bond acceptors (Lipinski definition) is 3. The number of likely N-dealkylation sites (N-methyl/N-ethyl adjacent to an activating group) is 2. The SMILES string of the molecule is CN1CCN(C)C(Cn2c(=S)[nH]c3cccc(Cl)c32)C1. The fraction of sp³-hybridized carbons (Fsp3) is 0.500. The van der Waals surface area contributed by atoms with E-state index in [1.807, 2.05) is 18.2 Å². The maximum Gasteiger partial charge on any atom is 0.178 e. The van der Waals surface area contributed by atoms with Crippen LogP contribution in [0, 0.1) is 4.77 Å². The molecule has 1 aromatic carbocycles. The van der Waals surface area contributed by atoms with Gasteiger partial charge < -0.3 is 14.5 Å². The van der Waals surface area contributed by atoms with Crippen LogP contribution in [0.15, 0.2) is 18.2 Å². The van der Waals surface area contributed by atoms with Crippen LogP contribution in [0.25, 0.3) is 11.0 Å². The minimum atomic E-state index is 0.454. The third-order valence-corrected chi connectivity index (χ3v) is 4.74. The largest absolute Gasteiger partial charge is 0.331 e. The molecule has 1 aliphatic rings. The van der Waals surface area contributed by atoms with Crippen LogP contribution >= 0.6 is 23.8 Å². The fourth-order valence-electron chi connectivity index (χ4n) is 2.86. The van der Waals surface area contributed by atoms with Gasteiger partial charge in [0.1, 0.15) is 0 Å². The van der Waals surface area contributed by atoms with Crippen LogP contribution in [-0.2, 0) is 6.54 Å². The number of fused-ring (bicyclic) bond motifs is 1. The summed E-state index contributed by atoms with van der Waals surface area (Å²) in [5.41, 5.74) is 2.02. The van der Waals surface area contributed by atoms with Gasteiger partial charge in [-0.05, 0) is 38.4 Å². The van der Waals surface area contributed by atoms with E-state index in [1.54, 1.807) is 0 Å². The number of para-hydroxylation sites is 1. The van der Waals surface area contributed by atoms with Crippen molar-refractivity contribution in [3.8, 4) is 0 Å². The first kappa shape index (κ1) is 14.1. The van der Waals surface area contributed by atoms with E-state index in [0.29, 0.717) is 6.04 Å². The van der Waals surface area contributed by atoms with Crippen LogP contribution in [0.4, 0.5) is 0 Å². The third-order valence-electron chi connectivity index (χ3n) is 4.12. The first-order valence-corrected chi connectivity index (χ1v) is 7.60. The Morgan fingerprint density at radius 2 is 2.15 bits per heavy atom. The van der Waals surface area contributed by atoms with E-state index in [2.05, 4.69) is 33.4 Å². The van der Waals surface area contributed by atoms with Gasteiger partial charge in [0.25, 0.3) is 0 Å². The summed E-state index contributed by atoms with van der Waals surface area (Å²) >= 11 is 11.8. The first-order valence-electron chi connectivity index (χ1n) is 6.82. The molecule has 1 aliphatic heterocycles. The maximum absolute atomic E-state index is 6.35. The summed E-state index contributed by atoms with van der Waals surface area (Å²) in [6.07, 6.45) is 0. The summed E-state index contributed by atoms with van der Waals surface area (Å²) in [6.45, 7) is 4.12. The van der Waals surface area contributed by atoms with Crippen molar-refractivity contribution in [1.82, 2.24) is 19.4 Å². The van der Waals surface area contributed by atoms with Gasteiger partial charge in [-0.3, -0.25) is 4.90 Å². The third kappa shape index (κ3) is 2.51. The maximum atomic E-state index is 6.35. The monoisotopic (exact) mass is 310 g/mol. The minimum Gasteiger partial charge on any atom is -0.331 e. The summed E-state index contributed by atoms with van der Waals surface area (Å²) < 4.78 is 2.88. The van der Waals surface area contributed by atoms with Gasteiger partial charge in [0.2, 0.25) is 0 Å². The molecule has 1 saturated heterocycles. The smallest absolute Gasteiger partial charge is 0.178 e. The van der Waals surface area contributed by atoms with Gasteiger partial charge in [-0.15, -0.1) is 0 Å². The van der Waals surface area contributed by atoms with Gasteiger partial charge in [0.15, 0.2) is 4.77 Å². The lowest BCUT2D eigenvalue weighted by molar-refractivity contribution is 0.103. The summed E-state index contributed by atoms with van der Waals surface area (Å²) in [6, 6.07) is 6.33. The Morgan fingerprint density at radius 3 is 2.95 bits per heavy atom. The second-order valence-corrected chi connectivity index (χ2v) is 6.37. The van der Waals surface area contributed by atoms with Crippen molar-refractivity contribution in [3.63, 3.8) is 0 Å². The number of imidazole rings is 1. The van der Waals surface area contributed by atoms with Gasteiger partial charge in [-0.1, -0.05) is 17.7 Å². The Kier molecular flexibility index (Phi) is 3.86. The molecule has 0 spiro atoms. The number of rotatable bonds is 2. The number of H-pyrrole nitrogens is 1. The molecule has 2 heterocycles. The average Bonchev–Trinajstić information content (AvgIpc) is 2.72. The molecule has 0 bridgehead atoms. The van der Waals surface area contributed by atoms with E-state index in [4.69, 9.17) is 23.8 Å². The highest BCUT2D eigenvalue weighted by molar-refractivity contribution is 7.71. The van der Waals surface area contributed by atoms with E-state index in [9.17, 15) is 0 Å². The van der Waals surface area contributed by atoms with Crippen LogP contribution in [-0.4, -0.2) is 59.1 Å². The Labute approximate surface area is 128 Å². The summed E-state index contributed by atoms with van der Waals surface area (Å²) in [5, 5.41) is 0.752. The lowest BCUT2D eigenvalue weighted by Gasteiger charge is -2.37. The molecule has 4 nitrogen and oxygen atoms in total. The molecule has 2 aromatic rings. The molecule has 1 unspecified atom stereocenters. The standard InChI is InChI=1S/C14H19ClN4S/c1-17-6-7-18(2)10(8-17)9-19-13-11(15)4-3-5-12(13)16-14(19)20/h3-5,10H,6-9H2,1-2H3,(H,16,20). The lowest BCUT2D eigenvalue weighted by Crippen LogP contribution is -2.51. The van der Waals surface area contributed by atoms with Crippen molar-refractivity contribution in [2.75, 3.05) is 33.7 Å². The zero-order chi connectivity index (χ0) is 14.3. The zero-order valence-corrected chi connectivity index (χ0v) is 13.3. The Balaban J connectivity index is 1.98. The predicted molar refractivity (Wildman–Crippen MR) is 86.0 cm³/mol. The highest BCUT2D eigenvalue weighted by Gasteiger charge is 2.23.